The Kier molecular flexibility index (Phi) is 6.92. The van der Waals surface area contributed by atoms with E-state index < -0.39 is 17.8 Å². The molecule has 1 saturated heterocycles. The Labute approximate surface area is 206 Å². The van der Waals surface area contributed by atoms with Gasteiger partial charge >= 0.3 is 6.03 Å². The van der Waals surface area contributed by atoms with Crippen LogP contribution >= 0.6 is 39.3 Å². The third kappa shape index (κ3) is 5.16. The van der Waals surface area contributed by atoms with E-state index in [1.165, 1.54) is 17.8 Å². The molecule has 33 heavy (non-hydrogen) atoms. The van der Waals surface area contributed by atoms with Gasteiger partial charge in [-0.1, -0.05) is 23.4 Å². The standard InChI is InChI=1S/C23H16BrClN2O5S/c1-2-31-15-7-5-14(6-8-15)27-21(29)18(20(28)26-23(27)30)11-16-12-19(24)22(32-16)33-17-9-3-13(25)4-10-17/h3-12H,2H2,1H3,(H,26,28,30)/b18-11+. The second-order valence-electron chi connectivity index (χ2n) is 6.72. The molecule has 168 valence electrons. The predicted octanol–water partition coefficient (Wildman–Crippen LogP) is 5.91. The first kappa shape index (κ1) is 23.2. The van der Waals surface area contributed by atoms with E-state index in [-0.39, 0.29) is 11.3 Å². The molecule has 4 amide bonds. The van der Waals surface area contributed by atoms with E-state index in [1.807, 2.05) is 19.1 Å². The fourth-order valence-corrected chi connectivity index (χ4v) is 4.47. The molecule has 1 aliphatic rings. The maximum Gasteiger partial charge on any atom is 0.335 e. The monoisotopic (exact) mass is 546 g/mol. The molecular formula is C23H16BrClN2O5S. The second-order valence-corrected chi connectivity index (χ2v) is 9.06. The van der Waals surface area contributed by atoms with Crippen LogP contribution in [0.2, 0.25) is 5.02 Å². The Morgan fingerprint density at radius 2 is 1.82 bits per heavy atom. The minimum Gasteiger partial charge on any atom is -0.494 e. The number of amides is 4. The molecule has 0 bridgehead atoms. The first-order chi connectivity index (χ1) is 15.9. The van der Waals surface area contributed by atoms with Gasteiger partial charge < -0.3 is 9.15 Å². The molecule has 2 aromatic carbocycles. The Hall–Kier alpha value is -3.01. The van der Waals surface area contributed by atoms with E-state index in [0.29, 0.717) is 32.6 Å². The average molecular weight is 548 g/mol. The van der Waals surface area contributed by atoms with Crippen LogP contribution in [0, 0.1) is 0 Å². The number of ether oxygens (including phenoxy) is 1. The van der Waals surface area contributed by atoms with Crippen LogP contribution in [0.25, 0.3) is 6.08 Å². The Morgan fingerprint density at radius 1 is 1.12 bits per heavy atom. The summed E-state index contributed by atoms with van der Waals surface area (Å²) >= 11 is 10.7. The number of nitrogens with zero attached hydrogens (tertiary/aromatic N) is 1. The lowest BCUT2D eigenvalue weighted by atomic mass is 10.1. The number of rotatable bonds is 6. The summed E-state index contributed by atoms with van der Waals surface area (Å²) in [5.41, 5.74) is 0.0757. The average Bonchev–Trinajstić information content (AvgIpc) is 3.13. The molecule has 0 saturated carbocycles. The van der Waals surface area contributed by atoms with Crippen molar-refractivity contribution in [3.05, 3.63) is 75.4 Å². The number of nitrogens with one attached hydrogen (secondary N) is 1. The maximum absolute atomic E-state index is 13.1. The number of anilines is 1. The zero-order chi connectivity index (χ0) is 23.5. The topological polar surface area (TPSA) is 88.8 Å². The number of barbiturate groups is 1. The van der Waals surface area contributed by atoms with Crippen molar-refractivity contribution in [3.8, 4) is 5.75 Å². The van der Waals surface area contributed by atoms with Gasteiger partial charge in [0.2, 0.25) is 0 Å². The van der Waals surface area contributed by atoms with Crippen LogP contribution in [0.15, 0.2) is 79.0 Å². The van der Waals surface area contributed by atoms with Crippen LogP contribution in [0.3, 0.4) is 0 Å². The van der Waals surface area contributed by atoms with Crippen molar-refractivity contribution in [3.63, 3.8) is 0 Å². The first-order valence-electron chi connectivity index (χ1n) is 9.72. The molecule has 4 rings (SSSR count). The van der Waals surface area contributed by atoms with E-state index in [0.717, 1.165) is 9.80 Å². The largest absolute Gasteiger partial charge is 0.494 e. The zero-order valence-corrected chi connectivity index (χ0v) is 20.3. The molecule has 1 aliphatic heterocycles. The van der Waals surface area contributed by atoms with Crippen LogP contribution in [-0.4, -0.2) is 24.5 Å². The zero-order valence-electron chi connectivity index (χ0n) is 17.1. The second kappa shape index (κ2) is 9.86. The molecule has 1 N–H and O–H groups in total. The van der Waals surface area contributed by atoms with Gasteiger partial charge in [-0.2, -0.15) is 0 Å². The SMILES string of the molecule is CCOc1ccc(N2C(=O)NC(=O)/C(=C\c3cc(Br)c(Sc4ccc(Cl)cc4)o3)C2=O)cc1. The fourth-order valence-electron chi connectivity index (χ4n) is 3.01. The lowest BCUT2D eigenvalue weighted by Crippen LogP contribution is -2.54. The summed E-state index contributed by atoms with van der Waals surface area (Å²) in [7, 11) is 0. The maximum atomic E-state index is 13.1. The summed E-state index contributed by atoms with van der Waals surface area (Å²) in [4.78, 5) is 39.6. The van der Waals surface area contributed by atoms with E-state index in [9.17, 15) is 14.4 Å². The van der Waals surface area contributed by atoms with E-state index in [4.69, 9.17) is 20.8 Å². The van der Waals surface area contributed by atoms with Gasteiger partial charge in [0.25, 0.3) is 11.8 Å². The van der Waals surface area contributed by atoms with Crippen molar-refractivity contribution in [2.75, 3.05) is 11.5 Å². The number of imide groups is 2. The van der Waals surface area contributed by atoms with Gasteiger partial charge in [-0.25, -0.2) is 9.69 Å². The van der Waals surface area contributed by atoms with Gasteiger partial charge in [0.05, 0.1) is 16.8 Å². The molecular weight excluding hydrogens is 532 g/mol. The minimum atomic E-state index is -0.828. The molecule has 1 aromatic heterocycles. The normalized spacial score (nSPS) is 15.2. The molecule has 0 aliphatic carbocycles. The van der Waals surface area contributed by atoms with Crippen LogP contribution in [-0.2, 0) is 9.59 Å². The van der Waals surface area contributed by atoms with Crippen molar-refractivity contribution < 1.29 is 23.5 Å². The Bertz CT molecular complexity index is 1250. The van der Waals surface area contributed by atoms with Crippen LogP contribution in [0.4, 0.5) is 10.5 Å². The number of urea groups is 1. The van der Waals surface area contributed by atoms with Crippen LogP contribution < -0.4 is 15.0 Å². The van der Waals surface area contributed by atoms with Gasteiger partial charge in [0.1, 0.15) is 17.1 Å². The Morgan fingerprint density at radius 3 is 2.48 bits per heavy atom. The summed E-state index contributed by atoms with van der Waals surface area (Å²) in [6.45, 7) is 2.34. The van der Waals surface area contributed by atoms with Gasteiger partial charge in [0, 0.05) is 9.92 Å². The van der Waals surface area contributed by atoms with Crippen LogP contribution in [0.1, 0.15) is 12.7 Å². The molecule has 10 heteroatoms. The molecule has 0 atom stereocenters. The van der Waals surface area contributed by atoms with E-state index >= 15 is 0 Å². The van der Waals surface area contributed by atoms with Gasteiger partial charge in [-0.15, -0.1) is 0 Å². The lowest BCUT2D eigenvalue weighted by Gasteiger charge is -2.26. The number of carbonyl (C=O) groups is 3. The number of benzene rings is 2. The van der Waals surface area contributed by atoms with Crippen molar-refractivity contribution in [1.29, 1.82) is 0 Å². The van der Waals surface area contributed by atoms with Crippen molar-refractivity contribution >= 4 is 68.9 Å². The fraction of sp³-hybridized carbons (Fsp3) is 0.0870. The summed E-state index contributed by atoms with van der Waals surface area (Å²) in [6.07, 6.45) is 1.31. The van der Waals surface area contributed by atoms with E-state index in [1.54, 1.807) is 42.5 Å². The van der Waals surface area contributed by atoms with E-state index in [2.05, 4.69) is 21.2 Å². The third-order valence-electron chi connectivity index (χ3n) is 4.49. The molecule has 7 nitrogen and oxygen atoms in total. The van der Waals surface area contributed by atoms with Crippen molar-refractivity contribution in [1.82, 2.24) is 5.32 Å². The minimum absolute atomic E-state index is 0.229. The highest BCUT2D eigenvalue weighted by atomic mass is 79.9. The smallest absolute Gasteiger partial charge is 0.335 e. The highest BCUT2D eigenvalue weighted by Gasteiger charge is 2.37. The summed E-state index contributed by atoms with van der Waals surface area (Å²) in [6, 6.07) is 14.5. The van der Waals surface area contributed by atoms with Gasteiger partial charge in [-0.05, 0) is 83.5 Å². The number of hydrogen-bond acceptors (Lipinski definition) is 6. The summed E-state index contributed by atoms with van der Waals surface area (Å²) < 4.78 is 11.8. The number of halogens is 2. The van der Waals surface area contributed by atoms with Crippen molar-refractivity contribution in [2.45, 2.75) is 16.9 Å². The van der Waals surface area contributed by atoms with Gasteiger partial charge in [-0.3, -0.25) is 14.9 Å². The molecule has 2 heterocycles. The number of hydrogen-bond donors (Lipinski definition) is 1. The molecule has 3 aromatic rings. The van der Waals surface area contributed by atoms with Crippen LogP contribution in [0.5, 0.6) is 5.75 Å². The highest BCUT2D eigenvalue weighted by molar-refractivity contribution is 9.10. The number of carbonyl (C=O) groups excluding carboxylic acids is 3. The first-order valence-corrected chi connectivity index (χ1v) is 11.7. The van der Waals surface area contributed by atoms with Crippen molar-refractivity contribution in [2.24, 2.45) is 0 Å². The molecule has 0 radical (unpaired) electrons. The molecule has 0 unspecified atom stereocenters. The highest BCUT2D eigenvalue weighted by Crippen LogP contribution is 2.37. The quantitative estimate of drug-likeness (QED) is 0.305. The number of furan rings is 1. The third-order valence-corrected chi connectivity index (χ3v) is 6.59. The summed E-state index contributed by atoms with van der Waals surface area (Å²) in [5.74, 6) is -0.680. The summed E-state index contributed by atoms with van der Waals surface area (Å²) in [5, 5.41) is 3.35. The molecule has 1 fully saturated rings. The lowest BCUT2D eigenvalue weighted by molar-refractivity contribution is -0.122. The molecule has 0 spiro atoms. The van der Waals surface area contributed by atoms with Gasteiger partial charge in [0.15, 0.2) is 5.09 Å². The Balaban J connectivity index is 1.60. The predicted molar refractivity (Wildman–Crippen MR) is 129 cm³/mol.